The van der Waals surface area contributed by atoms with Gasteiger partial charge in [0.15, 0.2) is 0 Å². The molecule has 4 nitrogen and oxygen atoms in total. The lowest BCUT2D eigenvalue weighted by atomic mass is 10.4. The van der Waals surface area contributed by atoms with Gasteiger partial charge in [-0.2, -0.15) is 0 Å². The zero-order valence-electron chi connectivity index (χ0n) is 5.17. The SMILES string of the molecule is OCCCN1C=CNN1. The average molecular weight is 129 g/mol. The minimum Gasteiger partial charge on any atom is -0.396 e. The molecule has 3 N–H and O–H groups in total. The van der Waals surface area contributed by atoms with Gasteiger partial charge in [0.1, 0.15) is 0 Å². The van der Waals surface area contributed by atoms with Crippen molar-refractivity contribution < 1.29 is 5.11 Å². The zero-order valence-corrected chi connectivity index (χ0v) is 5.17. The Morgan fingerprint density at radius 1 is 1.56 bits per heavy atom. The van der Waals surface area contributed by atoms with Crippen LogP contribution in [0.2, 0.25) is 0 Å². The fraction of sp³-hybridized carbons (Fsp3) is 0.600. The van der Waals surface area contributed by atoms with E-state index in [4.69, 9.17) is 5.11 Å². The Labute approximate surface area is 54.1 Å². The minimum absolute atomic E-state index is 0.242. The van der Waals surface area contributed by atoms with E-state index in [2.05, 4.69) is 11.0 Å². The van der Waals surface area contributed by atoms with Crippen LogP contribution in [0, 0.1) is 0 Å². The maximum atomic E-state index is 8.43. The molecule has 52 valence electrons. The van der Waals surface area contributed by atoms with Gasteiger partial charge >= 0.3 is 0 Å². The maximum absolute atomic E-state index is 8.43. The molecule has 0 aromatic carbocycles. The first-order valence-corrected chi connectivity index (χ1v) is 2.99. The summed E-state index contributed by atoms with van der Waals surface area (Å²) < 4.78 is 0. The summed E-state index contributed by atoms with van der Waals surface area (Å²) in [5.74, 6) is 0. The molecule has 1 aliphatic heterocycles. The second-order valence-corrected chi connectivity index (χ2v) is 1.84. The lowest BCUT2D eigenvalue weighted by molar-refractivity contribution is 0.223. The molecule has 9 heavy (non-hydrogen) atoms. The van der Waals surface area contributed by atoms with Crippen molar-refractivity contribution in [1.82, 2.24) is 16.0 Å². The lowest BCUT2D eigenvalue weighted by Gasteiger charge is -2.13. The van der Waals surface area contributed by atoms with Crippen molar-refractivity contribution in [3.63, 3.8) is 0 Å². The number of aliphatic hydroxyl groups is 1. The number of nitrogens with one attached hydrogen (secondary N) is 2. The summed E-state index contributed by atoms with van der Waals surface area (Å²) >= 11 is 0. The molecule has 0 aromatic rings. The first-order valence-electron chi connectivity index (χ1n) is 2.99. The monoisotopic (exact) mass is 129 g/mol. The number of rotatable bonds is 3. The van der Waals surface area contributed by atoms with Crippen molar-refractivity contribution in [2.75, 3.05) is 13.2 Å². The summed E-state index contributed by atoms with van der Waals surface area (Å²) in [7, 11) is 0. The standard InChI is InChI=1S/C5H11N3O/c9-5-1-3-8-4-2-6-7-8/h2,4,6-7,9H,1,3,5H2. The zero-order chi connectivity index (χ0) is 6.53. The number of hydrazine groups is 2. The van der Waals surface area contributed by atoms with Crippen molar-refractivity contribution in [2.45, 2.75) is 6.42 Å². The van der Waals surface area contributed by atoms with Gasteiger partial charge in [-0.25, -0.2) is 0 Å². The van der Waals surface area contributed by atoms with Crippen LogP contribution in [0.15, 0.2) is 12.4 Å². The van der Waals surface area contributed by atoms with Crippen molar-refractivity contribution >= 4 is 0 Å². The summed E-state index contributed by atoms with van der Waals surface area (Å²) in [6, 6.07) is 0. The molecule has 0 spiro atoms. The molecule has 0 radical (unpaired) electrons. The molecule has 0 aliphatic carbocycles. The van der Waals surface area contributed by atoms with Crippen LogP contribution in [-0.2, 0) is 0 Å². The summed E-state index contributed by atoms with van der Waals surface area (Å²) in [5.41, 5.74) is 5.65. The molecule has 1 heterocycles. The van der Waals surface area contributed by atoms with E-state index in [9.17, 15) is 0 Å². The first kappa shape index (κ1) is 6.38. The van der Waals surface area contributed by atoms with Crippen molar-refractivity contribution in [3.8, 4) is 0 Å². The van der Waals surface area contributed by atoms with E-state index in [1.54, 1.807) is 6.20 Å². The van der Waals surface area contributed by atoms with Gasteiger partial charge in [0.05, 0.1) is 0 Å². The highest BCUT2D eigenvalue weighted by Crippen LogP contribution is 1.89. The van der Waals surface area contributed by atoms with Crippen LogP contribution in [0.5, 0.6) is 0 Å². The highest BCUT2D eigenvalue weighted by atomic mass is 16.3. The van der Waals surface area contributed by atoms with Crippen LogP contribution in [0.25, 0.3) is 0 Å². The Hall–Kier alpha value is -0.740. The Morgan fingerprint density at radius 3 is 3.00 bits per heavy atom. The number of hydrogen-bond donors (Lipinski definition) is 3. The van der Waals surface area contributed by atoms with Crippen molar-refractivity contribution in [3.05, 3.63) is 12.4 Å². The lowest BCUT2D eigenvalue weighted by Crippen LogP contribution is -2.36. The molecule has 0 bridgehead atoms. The number of aliphatic hydroxyl groups excluding tert-OH is 1. The van der Waals surface area contributed by atoms with E-state index in [1.807, 2.05) is 11.2 Å². The van der Waals surface area contributed by atoms with Gasteiger partial charge in [0.2, 0.25) is 0 Å². The van der Waals surface area contributed by atoms with E-state index in [0.29, 0.717) is 0 Å². The van der Waals surface area contributed by atoms with Crippen LogP contribution in [0.3, 0.4) is 0 Å². The molecule has 0 aromatic heterocycles. The third-order valence-corrected chi connectivity index (χ3v) is 1.10. The topological polar surface area (TPSA) is 47.5 Å². The quantitative estimate of drug-likeness (QED) is 0.465. The normalized spacial score (nSPS) is 16.3. The summed E-state index contributed by atoms with van der Waals surface area (Å²) in [4.78, 5) is 0. The third kappa shape index (κ3) is 1.91. The van der Waals surface area contributed by atoms with E-state index in [0.717, 1.165) is 13.0 Å². The largest absolute Gasteiger partial charge is 0.396 e. The van der Waals surface area contributed by atoms with Crippen LogP contribution in [0.4, 0.5) is 0 Å². The number of hydrogen-bond acceptors (Lipinski definition) is 4. The first-order chi connectivity index (χ1) is 4.43. The molecule has 0 fully saturated rings. The maximum Gasteiger partial charge on any atom is 0.0448 e. The van der Waals surface area contributed by atoms with Gasteiger partial charge in [0, 0.05) is 25.6 Å². The summed E-state index contributed by atoms with van der Waals surface area (Å²) in [6.07, 6.45) is 4.48. The smallest absolute Gasteiger partial charge is 0.0448 e. The van der Waals surface area contributed by atoms with Gasteiger partial charge in [-0.15, -0.1) is 5.53 Å². The highest BCUT2D eigenvalue weighted by Gasteiger charge is 1.99. The Kier molecular flexibility index (Phi) is 2.35. The van der Waals surface area contributed by atoms with Crippen LogP contribution in [0.1, 0.15) is 6.42 Å². The summed E-state index contributed by atoms with van der Waals surface area (Å²) in [6.45, 7) is 1.08. The Bertz CT molecular complexity index is 104. The molecular formula is C5H11N3O. The van der Waals surface area contributed by atoms with Gasteiger partial charge in [-0.1, -0.05) is 0 Å². The Morgan fingerprint density at radius 2 is 2.44 bits per heavy atom. The van der Waals surface area contributed by atoms with Crippen LogP contribution < -0.4 is 11.0 Å². The fourth-order valence-electron chi connectivity index (χ4n) is 0.656. The van der Waals surface area contributed by atoms with Crippen LogP contribution in [-0.4, -0.2) is 23.3 Å². The molecule has 0 saturated carbocycles. The van der Waals surface area contributed by atoms with Gasteiger partial charge in [-0.05, 0) is 6.42 Å². The molecule has 4 heteroatoms. The van der Waals surface area contributed by atoms with Crippen LogP contribution >= 0.6 is 0 Å². The van der Waals surface area contributed by atoms with Crippen molar-refractivity contribution in [2.24, 2.45) is 0 Å². The molecule has 0 saturated heterocycles. The van der Waals surface area contributed by atoms with Gasteiger partial charge in [-0.3, -0.25) is 5.01 Å². The fourth-order valence-corrected chi connectivity index (χ4v) is 0.656. The molecule has 1 rings (SSSR count). The van der Waals surface area contributed by atoms with E-state index >= 15 is 0 Å². The van der Waals surface area contributed by atoms with Gasteiger partial charge in [0.25, 0.3) is 0 Å². The molecule has 0 unspecified atom stereocenters. The summed E-state index contributed by atoms with van der Waals surface area (Å²) in [5, 5.41) is 10.3. The van der Waals surface area contributed by atoms with Crippen molar-refractivity contribution in [1.29, 1.82) is 0 Å². The molecular weight excluding hydrogens is 118 g/mol. The predicted molar refractivity (Wildman–Crippen MR) is 33.8 cm³/mol. The third-order valence-electron chi connectivity index (χ3n) is 1.10. The van der Waals surface area contributed by atoms with Gasteiger partial charge < -0.3 is 10.5 Å². The van der Waals surface area contributed by atoms with E-state index in [-0.39, 0.29) is 6.61 Å². The van der Waals surface area contributed by atoms with E-state index < -0.39 is 0 Å². The second-order valence-electron chi connectivity index (χ2n) is 1.84. The van der Waals surface area contributed by atoms with E-state index in [1.165, 1.54) is 0 Å². The molecule has 0 amide bonds. The minimum atomic E-state index is 0.242. The molecule has 0 atom stereocenters. The highest BCUT2D eigenvalue weighted by molar-refractivity contribution is 4.81. The predicted octanol–water partition coefficient (Wildman–Crippen LogP) is -0.835. The second kappa shape index (κ2) is 3.32. The average Bonchev–Trinajstić information content (AvgIpc) is 2.34. The Balaban J connectivity index is 2.05. The molecule has 1 aliphatic rings. The number of nitrogens with zero attached hydrogens (tertiary/aromatic N) is 1.